The first kappa shape index (κ1) is 20.4. The minimum absolute atomic E-state index is 0.0800. The standard InChI is InChI=1S/C27H28N4O/c1-20-13-16-30(17-14-20)24-11-9-21(10-12-24)26-18-25(23-8-5-15-28-19-23)29-31(26)27(32)22-6-3-2-4-7-22/h2-12,15,19-20,26H,13-14,16-18H2,1H3. The van der Waals surface area contributed by atoms with Crippen LogP contribution in [-0.2, 0) is 0 Å². The maximum Gasteiger partial charge on any atom is 0.274 e. The number of amides is 1. The molecule has 1 fully saturated rings. The number of carbonyl (C=O) groups excluding carboxylic acids is 1. The number of carbonyl (C=O) groups is 1. The molecule has 0 spiro atoms. The highest BCUT2D eigenvalue weighted by atomic mass is 16.2. The quantitative estimate of drug-likeness (QED) is 0.570. The van der Waals surface area contributed by atoms with Crippen molar-refractivity contribution in [1.29, 1.82) is 0 Å². The number of anilines is 1. The smallest absolute Gasteiger partial charge is 0.274 e. The third kappa shape index (κ3) is 4.15. The van der Waals surface area contributed by atoms with Gasteiger partial charge in [0.1, 0.15) is 0 Å². The van der Waals surface area contributed by atoms with Crippen molar-refractivity contribution in [1.82, 2.24) is 9.99 Å². The summed E-state index contributed by atoms with van der Waals surface area (Å²) in [6.45, 7) is 4.55. The summed E-state index contributed by atoms with van der Waals surface area (Å²) in [7, 11) is 0. The molecule has 2 aliphatic rings. The van der Waals surface area contributed by atoms with E-state index in [1.165, 1.54) is 18.5 Å². The van der Waals surface area contributed by atoms with E-state index in [4.69, 9.17) is 5.10 Å². The van der Waals surface area contributed by atoms with Crippen LogP contribution in [0.1, 0.15) is 53.7 Å². The van der Waals surface area contributed by atoms with Crippen LogP contribution in [0, 0.1) is 5.92 Å². The molecule has 5 heteroatoms. The lowest BCUT2D eigenvalue weighted by Crippen LogP contribution is -2.32. The molecule has 0 radical (unpaired) electrons. The number of hydrazone groups is 1. The highest BCUT2D eigenvalue weighted by Crippen LogP contribution is 2.35. The molecular weight excluding hydrogens is 396 g/mol. The molecule has 5 rings (SSSR count). The molecule has 0 aliphatic carbocycles. The number of pyridine rings is 1. The maximum atomic E-state index is 13.3. The Balaban J connectivity index is 1.43. The second-order valence-corrected chi connectivity index (χ2v) is 8.79. The van der Waals surface area contributed by atoms with Crippen LogP contribution in [0.25, 0.3) is 0 Å². The van der Waals surface area contributed by atoms with Crippen molar-refractivity contribution in [3.05, 3.63) is 95.8 Å². The predicted molar refractivity (Wildman–Crippen MR) is 128 cm³/mol. The number of rotatable bonds is 4. The lowest BCUT2D eigenvalue weighted by atomic mass is 9.97. The monoisotopic (exact) mass is 424 g/mol. The second-order valence-electron chi connectivity index (χ2n) is 8.79. The molecule has 5 nitrogen and oxygen atoms in total. The second kappa shape index (κ2) is 8.95. The molecule has 1 aromatic heterocycles. The van der Waals surface area contributed by atoms with Gasteiger partial charge < -0.3 is 4.90 Å². The van der Waals surface area contributed by atoms with Gasteiger partial charge in [0.15, 0.2) is 0 Å². The molecular formula is C27H28N4O. The highest BCUT2D eigenvalue weighted by Gasteiger charge is 2.33. The van der Waals surface area contributed by atoms with Crippen LogP contribution >= 0.6 is 0 Å². The van der Waals surface area contributed by atoms with Crippen molar-refractivity contribution < 1.29 is 4.79 Å². The lowest BCUT2D eigenvalue weighted by molar-refractivity contribution is 0.0711. The van der Waals surface area contributed by atoms with Gasteiger partial charge in [-0.05, 0) is 54.7 Å². The average molecular weight is 425 g/mol. The fraction of sp³-hybridized carbons (Fsp3) is 0.296. The molecule has 32 heavy (non-hydrogen) atoms. The molecule has 2 aromatic carbocycles. The van der Waals surface area contributed by atoms with Crippen LogP contribution in [0.15, 0.2) is 84.2 Å². The Morgan fingerprint density at radius 2 is 1.69 bits per heavy atom. The topological polar surface area (TPSA) is 48.8 Å². The summed E-state index contributed by atoms with van der Waals surface area (Å²) in [5, 5.41) is 6.41. The normalized spacial score (nSPS) is 19.2. The molecule has 0 saturated carbocycles. The molecule has 162 valence electrons. The van der Waals surface area contributed by atoms with Gasteiger partial charge in [-0.2, -0.15) is 5.10 Å². The van der Waals surface area contributed by atoms with E-state index in [0.717, 1.165) is 35.8 Å². The van der Waals surface area contributed by atoms with Crippen molar-refractivity contribution in [2.75, 3.05) is 18.0 Å². The first-order chi connectivity index (χ1) is 15.7. The summed E-state index contributed by atoms with van der Waals surface area (Å²) in [5.74, 6) is 0.730. The van der Waals surface area contributed by atoms with Crippen molar-refractivity contribution in [2.45, 2.75) is 32.2 Å². The summed E-state index contributed by atoms with van der Waals surface area (Å²) in [5.41, 5.74) is 4.85. The molecule has 2 aliphatic heterocycles. The van der Waals surface area contributed by atoms with Gasteiger partial charge in [0.25, 0.3) is 5.91 Å². The van der Waals surface area contributed by atoms with E-state index in [-0.39, 0.29) is 11.9 Å². The fourth-order valence-corrected chi connectivity index (χ4v) is 4.55. The number of hydrogen-bond acceptors (Lipinski definition) is 4. The summed E-state index contributed by atoms with van der Waals surface area (Å²) in [6, 6.07) is 21.9. The summed E-state index contributed by atoms with van der Waals surface area (Å²) in [4.78, 5) is 20.0. The van der Waals surface area contributed by atoms with Crippen molar-refractivity contribution >= 4 is 17.3 Å². The largest absolute Gasteiger partial charge is 0.372 e. The van der Waals surface area contributed by atoms with Gasteiger partial charge in [0.2, 0.25) is 0 Å². The number of hydrogen-bond donors (Lipinski definition) is 0. The minimum atomic E-state index is -0.131. The van der Waals surface area contributed by atoms with Gasteiger partial charge >= 0.3 is 0 Å². The first-order valence-corrected chi connectivity index (χ1v) is 11.4. The predicted octanol–water partition coefficient (Wildman–Crippen LogP) is 5.31. The van der Waals surface area contributed by atoms with Crippen LogP contribution < -0.4 is 4.90 Å². The van der Waals surface area contributed by atoms with Crippen molar-refractivity contribution in [3.8, 4) is 0 Å². The summed E-state index contributed by atoms with van der Waals surface area (Å²) < 4.78 is 0. The lowest BCUT2D eigenvalue weighted by Gasteiger charge is -2.32. The Kier molecular flexibility index (Phi) is 5.71. The SMILES string of the molecule is CC1CCN(c2ccc(C3CC(c4cccnc4)=NN3C(=O)c3ccccc3)cc2)CC1. The van der Waals surface area contributed by atoms with Gasteiger partial charge in [0.05, 0.1) is 11.8 Å². The third-order valence-electron chi connectivity index (χ3n) is 6.56. The van der Waals surface area contributed by atoms with Crippen LogP contribution in [0.3, 0.4) is 0 Å². The molecule has 1 unspecified atom stereocenters. The number of piperidine rings is 1. The van der Waals surface area contributed by atoms with Crippen LogP contribution in [0.2, 0.25) is 0 Å². The maximum absolute atomic E-state index is 13.3. The van der Waals surface area contributed by atoms with Gasteiger partial charge in [0, 0.05) is 48.7 Å². The molecule has 0 N–H and O–H groups in total. The van der Waals surface area contributed by atoms with E-state index in [0.29, 0.717) is 12.0 Å². The zero-order valence-electron chi connectivity index (χ0n) is 18.4. The van der Waals surface area contributed by atoms with E-state index in [2.05, 4.69) is 41.1 Å². The average Bonchev–Trinajstić information content (AvgIpc) is 3.31. The van der Waals surface area contributed by atoms with Gasteiger partial charge in [-0.1, -0.05) is 43.3 Å². The van der Waals surface area contributed by atoms with Crippen molar-refractivity contribution in [3.63, 3.8) is 0 Å². The van der Waals surface area contributed by atoms with E-state index < -0.39 is 0 Å². The summed E-state index contributed by atoms with van der Waals surface area (Å²) >= 11 is 0. The molecule has 3 heterocycles. The highest BCUT2D eigenvalue weighted by molar-refractivity contribution is 6.04. The van der Waals surface area contributed by atoms with Crippen LogP contribution in [-0.4, -0.2) is 34.7 Å². The Morgan fingerprint density at radius 3 is 2.38 bits per heavy atom. The zero-order valence-corrected chi connectivity index (χ0v) is 18.4. The van der Waals surface area contributed by atoms with Crippen LogP contribution in [0.4, 0.5) is 5.69 Å². The van der Waals surface area contributed by atoms with Crippen LogP contribution in [0.5, 0.6) is 0 Å². The molecule has 0 bridgehead atoms. The summed E-state index contributed by atoms with van der Waals surface area (Å²) in [6.07, 6.45) is 6.72. The third-order valence-corrected chi connectivity index (χ3v) is 6.56. The van der Waals surface area contributed by atoms with Gasteiger partial charge in [-0.15, -0.1) is 0 Å². The number of benzene rings is 2. The molecule has 1 atom stereocenters. The van der Waals surface area contributed by atoms with E-state index in [1.807, 2.05) is 48.7 Å². The Hall–Kier alpha value is -3.47. The van der Waals surface area contributed by atoms with Gasteiger partial charge in [-0.25, -0.2) is 5.01 Å². The Morgan fingerprint density at radius 1 is 0.938 bits per heavy atom. The van der Waals surface area contributed by atoms with E-state index in [9.17, 15) is 4.79 Å². The Labute approximate surface area is 189 Å². The van der Waals surface area contributed by atoms with Gasteiger partial charge in [-0.3, -0.25) is 9.78 Å². The molecule has 3 aromatic rings. The fourth-order valence-electron chi connectivity index (χ4n) is 4.55. The Bertz CT molecular complexity index is 1090. The zero-order chi connectivity index (χ0) is 21.9. The first-order valence-electron chi connectivity index (χ1n) is 11.4. The minimum Gasteiger partial charge on any atom is -0.372 e. The van der Waals surface area contributed by atoms with Crippen molar-refractivity contribution in [2.24, 2.45) is 11.0 Å². The number of nitrogens with zero attached hydrogens (tertiary/aromatic N) is 4. The molecule has 1 saturated heterocycles. The number of aromatic nitrogens is 1. The van der Waals surface area contributed by atoms with E-state index >= 15 is 0 Å². The van der Waals surface area contributed by atoms with E-state index in [1.54, 1.807) is 11.2 Å². The molecule has 1 amide bonds.